The Morgan fingerprint density at radius 1 is 1.17 bits per heavy atom. The van der Waals surface area contributed by atoms with Gasteiger partial charge in [-0.2, -0.15) is 0 Å². The van der Waals surface area contributed by atoms with Crippen molar-refractivity contribution in [2.75, 3.05) is 13.1 Å². The van der Waals surface area contributed by atoms with Crippen LogP contribution >= 0.6 is 0 Å². The van der Waals surface area contributed by atoms with Gasteiger partial charge in [0.2, 0.25) is 5.78 Å². The van der Waals surface area contributed by atoms with Crippen LogP contribution in [-0.4, -0.2) is 60.6 Å². The van der Waals surface area contributed by atoms with Gasteiger partial charge in [-0.1, -0.05) is 0 Å². The molecule has 156 valence electrons. The number of ether oxygens (including phenoxy) is 1. The Hall–Kier alpha value is -3.00. The molecule has 1 saturated carbocycles. The number of aliphatic hydroxyl groups excluding tert-OH is 1. The van der Waals surface area contributed by atoms with Gasteiger partial charge in [0.25, 0.3) is 5.91 Å². The molecule has 3 aromatic heterocycles. The van der Waals surface area contributed by atoms with Crippen LogP contribution in [0.25, 0.3) is 5.78 Å². The average molecular weight is 407 g/mol. The van der Waals surface area contributed by atoms with Gasteiger partial charge >= 0.3 is 0 Å². The van der Waals surface area contributed by atoms with Crippen LogP contribution < -0.4 is 4.74 Å². The summed E-state index contributed by atoms with van der Waals surface area (Å²) in [7, 11) is 0. The average Bonchev–Trinajstić information content (AvgIpc) is 3.33. The molecule has 1 aliphatic carbocycles. The largest absolute Gasteiger partial charge is 0.486 e. The molecule has 0 spiro atoms. The quantitative estimate of drug-likeness (QED) is 0.714. The van der Waals surface area contributed by atoms with E-state index in [0.717, 1.165) is 17.8 Å². The van der Waals surface area contributed by atoms with Crippen molar-refractivity contribution in [3.63, 3.8) is 0 Å². The van der Waals surface area contributed by atoms with Crippen LogP contribution in [0.4, 0.5) is 0 Å². The zero-order valence-corrected chi connectivity index (χ0v) is 17.1. The second-order valence-electron chi connectivity index (χ2n) is 8.41. The lowest BCUT2D eigenvalue weighted by Gasteiger charge is -2.35. The summed E-state index contributed by atoms with van der Waals surface area (Å²) in [6.45, 7) is 5.16. The third kappa shape index (κ3) is 3.41. The van der Waals surface area contributed by atoms with Gasteiger partial charge in [-0.3, -0.25) is 14.2 Å². The molecule has 0 unspecified atom stereocenters. The number of likely N-dealkylation sites (tertiary alicyclic amines) is 1. The molecule has 4 heterocycles. The highest BCUT2D eigenvalue weighted by atomic mass is 16.5. The molecule has 1 amide bonds. The van der Waals surface area contributed by atoms with Gasteiger partial charge in [0, 0.05) is 37.4 Å². The SMILES string of the molecule is Cc1ccc(O[C@@H]2C[C@@H]3CN(C(=O)c4cn5cccnc5n4)C[C@@H]3C[C@H]2O)c(C)n1. The predicted molar refractivity (Wildman–Crippen MR) is 109 cm³/mol. The Morgan fingerprint density at radius 2 is 1.97 bits per heavy atom. The van der Waals surface area contributed by atoms with E-state index >= 15 is 0 Å². The van der Waals surface area contributed by atoms with Crippen molar-refractivity contribution in [3.05, 3.63) is 53.9 Å². The third-order valence-electron chi connectivity index (χ3n) is 6.28. The van der Waals surface area contributed by atoms with Crippen molar-refractivity contribution in [2.24, 2.45) is 11.8 Å². The number of aryl methyl sites for hydroxylation is 2. The molecule has 30 heavy (non-hydrogen) atoms. The number of fused-ring (bicyclic) bond motifs is 2. The van der Waals surface area contributed by atoms with Crippen LogP contribution in [0.1, 0.15) is 34.7 Å². The summed E-state index contributed by atoms with van der Waals surface area (Å²) in [4.78, 5) is 27.8. The minimum atomic E-state index is -0.554. The van der Waals surface area contributed by atoms with Gasteiger partial charge in [-0.25, -0.2) is 9.97 Å². The molecular weight excluding hydrogens is 382 g/mol. The summed E-state index contributed by atoms with van der Waals surface area (Å²) < 4.78 is 7.89. The van der Waals surface area contributed by atoms with Crippen molar-refractivity contribution >= 4 is 11.7 Å². The molecule has 1 N–H and O–H groups in total. The molecule has 1 aliphatic heterocycles. The monoisotopic (exact) mass is 407 g/mol. The summed E-state index contributed by atoms with van der Waals surface area (Å²) >= 11 is 0. The number of carbonyl (C=O) groups is 1. The van der Waals surface area contributed by atoms with E-state index in [0.29, 0.717) is 42.6 Å². The number of hydrogen-bond donors (Lipinski definition) is 1. The first-order valence-corrected chi connectivity index (χ1v) is 10.4. The highest BCUT2D eigenvalue weighted by Gasteiger charge is 2.44. The van der Waals surface area contributed by atoms with Crippen molar-refractivity contribution in [1.29, 1.82) is 0 Å². The molecule has 8 heteroatoms. The minimum absolute atomic E-state index is 0.0829. The Bertz CT molecular complexity index is 1060. The highest BCUT2D eigenvalue weighted by molar-refractivity contribution is 5.93. The van der Waals surface area contributed by atoms with Gasteiger partial charge < -0.3 is 14.7 Å². The first kappa shape index (κ1) is 19.0. The number of nitrogens with zero attached hydrogens (tertiary/aromatic N) is 5. The summed E-state index contributed by atoms with van der Waals surface area (Å²) in [5.41, 5.74) is 2.17. The minimum Gasteiger partial charge on any atom is -0.486 e. The predicted octanol–water partition coefficient (Wildman–Crippen LogP) is 2.03. The van der Waals surface area contributed by atoms with Crippen molar-refractivity contribution < 1.29 is 14.6 Å². The van der Waals surface area contributed by atoms with Crippen molar-refractivity contribution in [1.82, 2.24) is 24.3 Å². The molecule has 4 atom stereocenters. The van der Waals surface area contributed by atoms with E-state index in [2.05, 4.69) is 15.0 Å². The smallest absolute Gasteiger partial charge is 0.274 e. The lowest BCUT2D eigenvalue weighted by atomic mass is 9.78. The van der Waals surface area contributed by atoms with E-state index in [1.165, 1.54) is 0 Å². The van der Waals surface area contributed by atoms with E-state index in [4.69, 9.17) is 4.74 Å². The maximum Gasteiger partial charge on any atom is 0.274 e. The lowest BCUT2D eigenvalue weighted by Crippen LogP contribution is -2.42. The lowest BCUT2D eigenvalue weighted by molar-refractivity contribution is -0.0236. The standard InChI is InChI=1S/C22H25N5O3/c1-13-4-5-19(14(2)24-13)30-20-9-16-11-27(10-15(16)8-18(20)28)21(29)17-12-26-7-3-6-23-22(26)25-17/h3-7,12,15-16,18,20,28H,8-11H2,1-2H3/t15-,16+,18+,20+/m0/s1. The fraction of sp³-hybridized carbons (Fsp3) is 0.455. The van der Waals surface area contributed by atoms with Crippen molar-refractivity contribution in [2.45, 2.75) is 38.9 Å². The number of amides is 1. The maximum absolute atomic E-state index is 13.0. The zero-order valence-electron chi connectivity index (χ0n) is 17.1. The summed E-state index contributed by atoms with van der Waals surface area (Å²) in [6.07, 6.45) is 5.72. The molecule has 0 bridgehead atoms. The molecule has 2 aliphatic rings. The highest BCUT2D eigenvalue weighted by Crippen LogP contribution is 2.38. The van der Waals surface area contributed by atoms with E-state index in [1.54, 1.807) is 22.9 Å². The number of aliphatic hydroxyl groups is 1. The first-order valence-electron chi connectivity index (χ1n) is 10.4. The fourth-order valence-electron chi connectivity index (χ4n) is 4.74. The molecule has 8 nitrogen and oxygen atoms in total. The van der Waals surface area contributed by atoms with Crippen LogP contribution in [0.5, 0.6) is 5.75 Å². The van der Waals surface area contributed by atoms with E-state index in [9.17, 15) is 9.90 Å². The molecule has 5 rings (SSSR count). The van der Waals surface area contributed by atoms with Gasteiger partial charge in [-0.15, -0.1) is 0 Å². The molecule has 3 aromatic rings. The Kier molecular flexibility index (Phi) is 4.66. The van der Waals surface area contributed by atoms with Crippen LogP contribution in [0.3, 0.4) is 0 Å². The third-order valence-corrected chi connectivity index (χ3v) is 6.28. The zero-order chi connectivity index (χ0) is 20.8. The van der Waals surface area contributed by atoms with Crippen molar-refractivity contribution in [3.8, 4) is 5.75 Å². The summed E-state index contributed by atoms with van der Waals surface area (Å²) in [5.74, 6) is 1.72. The fourth-order valence-corrected chi connectivity index (χ4v) is 4.74. The van der Waals surface area contributed by atoms with Crippen LogP contribution in [-0.2, 0) is 0 Å². The second-order valence-corrected chi connectivity index (χ2v) is 8.41. The number of carbonyl (C=O) groups excluding carboxylic acids is 1. The van der Waals surface area contributed by atoms with Crippen LogP contribution in [0, 0.1) is 25.7 Å². The van der Waals surface area contributed by atoms with E-state index in [1.807, 2.05) is 37.1 Å². The second kappa shape index (κ2) is 7.36. The number of pyridine rings is 1. The molecule has 0 radical (unpaired) electrons. The maximum atomic E-state index is 13.0. The molecule has 0 aromatic carbocycles. The Balaban J connectivity index is 1.28. The van der Waals surface area contributed by atoms with Gasteiger partial charge in [-0.05, 0) is 56.7 Å². The number of imidazole rings is 1. The molecule has 1 saturated heterocycles. The van der Waals surface area contributed by atoms with Gasteiger partial charge in [0.05, 0.1) is 11.8 Å². The molecular formula is C22H25N5O3. The first-order chi connectivity index (χ1) is 14.5. The summed E-state index contributed by atoms with van der Waals surface area (Å²) in [6, 6.07) is 5.64. The van der Waals surface area contributed by atoms with E-state index in [-0.39, 0.29) is 17.9 Å². The Morgan fingerprint density at radius 3 is 2.73 bits per heavy atom. The molecule has 2 fully saturated rings. The number of aromatic nitrogens is 4. The van der Waals surface area contributed by atoms with Crippen LogP contribution in [0.15, 0.2) is 36.8 Å². The Labute approximate surface area is 174 Å². The normalized spacial score (nSPS) is 26.0. The van der Waals surface area contributed by atoms with Gasteiger partial charge in [0.15, 0.2) is 0 Å². The topological polar surface area (TPSA) is 92.9 Å². The van der Waals surface area contributed by atoms with Crippen LogP contribution in [0.2, 0.25) is 0 Å². The summed E-state index contributed by atoms with van der Waals surface area (Å²) in [5, 5.41) is 10.7. The van der Waals surface area contributed by atoms with E-state index < -0.39 is 6.10 Å². The number of rotatable bonds is 3. The number of hydrogen-bond acceptors (Lipinski definition) is 6. The van der Waals surface area contributed by atoms with Gasteiger partial charge in [0.1, 0.15) is 17.5 Å².